The molecule has 0 aliphatic carbocycles. The number of rotatable bonds is 8. The van der Waals surface area contributed by atoms with E-state index in [4.69, 9.17) is 0 Å². The summed E-state index contributed by atoms with van der Waals surface area (Å²) >= 11 is 7.31. The lowest BCUT2D eigenvalue weighted by Gasteiger charge is -2.10. The van der Waals surface area contributed by atoms with Gasteiger partial charge in [0.1, 0.15) is 0 Å². The van der Waals surface area contributed by atoms with E-state index in [0.29, 0.717) is 0 Å². The molecular formula is C30H26N2S4. The molecule has 0 bridgehead atoms. The summed E-state index contributed by atoms with van der Waals surface area (Å²) in [4.78, 5) is 15.1. The number of aromatic amines is 2. The van der Waals surface area contributed by atoms with Crippen LogP contribution in [0.25, 0.3) is 53.4 Å². The van der Waals surface area contributed by atoms with Crippen LogP contribution in [-0.2, 0) is 0 Å². The number of allylic oxidation sites excluding steroid dienone is 2. The topological polar surface area (TPSA) is 31.6 Å². The summed E-state index contributed by atoms with van der Waals surface area (Å²) in [7, 11) is 0. The van der Waals surface area contributed by atoms with Crippen LogP contribution in [0.2, 0.25) is 0 Å². The molecule has 0 radical (unpaired) electrons. The van der Waals surface area contributed by atoms with E-state index >= 15 is 0 Å². The van der Waals surface area contributed by atoms with Crippen molar-refractivity contribution < 1.29 is 0 Å². The predicted octanol–water partition coefficient (Wildman–Crippen LogP) is 11.0. The lowest BCUT2D eigenvalue weighted by atomic mass is 10.0. The Hall–Kier alpha value is -2.90. The van der Waals surface area contributed by atoms with Crippen molar-refractivity contribution in [3.05, 3.63) is 93.3 Å². The van der Waals surface area contributed by atoms with Crippen LogP contribution in [-0.4, -0.2) is 9.97 Å². The fraction of sp³-hybridized carbons (Fsp3) is 0.133. The Labute approximate surface area is 227 Å². The monoisotopic (exact) mass is 542 g/mol. The first-order valence-corrected chi connectivity index (χ1v) is 15.5. The fourth-order valence-electron chi connectivity index (χ4n) is 4.59. The molecule has 0 fully saturated rings. The van der Waals surface area contributed by atoms with Gasteiger partial charge < -0.3 is 9.97 Å². The van der Waals surface area contributed by atoms with Crippen LogP contribution < -0.4 is 0 Å². The second-order valence-corrected chi connectivity index (χ2v) is 12.6. The largest absolute Gasteiger partial charge is 0.353 e. The van der Waals surface area contributed by atoms with Gasteiger partial charge in [0.2, 0.25) is 0 Å². The van der Waals surface area contributed by atoms with E-state index in [9.17, 15) is 0 Å². The van der Waals surface area contributed by atoms with Crippen molar-refractivity contribution in [1.29, 1.82) is 0 Å². The third kappa shape index (κ3) is 4.50. The summed E-state index contributed by atoms with van der Waals surface area (Å²) in [5.41, 5.74) is 7.67. The third-order valence-corrected chi connectivity index (χ3v) is 10.5. The predicted molar refractivity (Wildman–Crippen MR) is 162 cm³/mol. The molecule has 2 nitrogen and oxygen atoms in total. The highest BCUT2D eigenvalue weighted by Gasteiger charge is 2.16. The summed E-state index contributed by atoms with van der Waals surface area (Å²) in [6.45, 7) is 4.56. The summed E-state index contributed by atoms with van der Waals surface area (Å²) in [6.07, 6.45) is 2.04. The standard InChI is InChI=1S/C30H26N2S4/c1-3-19(25-13-15-29(35-25)23-11-9-21(31-23)27-7-5-17-33-27)20(4-2)26-14-16-30(36-26)24-12-10-22(32-24)28-8-6-18-34-28/h5-18,31-32H,3-4H2,1-2H3/b20-19-. The number of H-pyrrole nitrogens is 2. The SMILES string of the molecule is CC/C(=C(\CC)c1ccc(-c2ccc(-c3cccs3)[nH]2)s1)c1ccc(-c2ccc(-c3cccs3)[nH]2)s1. The molecule has 0 aromatic carbocycles. The van der Waals surface area contributed by atoms with Crippen molar-refractivity contribution in [3.63, 3.8) is 0 Å². The molecule has 6 heteroatoms. The van der Waals surface area contributed by atoms with Gasteiger partial charge in [-0.3, -0.25) is 0 Å². The maximum Gasteiger partial charge on any atom is 0.0560 e. The van der Waals surface area contributed by atoms with Crippen LogP contribution in [0.15, 0.2) is 83.6 Å². The first kappa shape index (κ1) is 23.5. The Bertz CT molecular complexity index is 1480. The minimum Gasteiger partial charge on any atom is -0.353 e. The molecule has 0 aliphatic heterocycles. The minimum atomic E-state index is 1.02. The molecule has 0 saturated carbocycles. The van der Waals surface area contributed by atoms with Crippen LogP contribution >= 0.6 is 45.3 Å². The summed E-state index contributed by atoms with van der Waals surface area (Å²) in [5, 5.41) is 4.25. The van der Waals surface area contributed by atoms with E-state index in [1.54, 1.807) is 22.7 Å². The van der Waals surface area contributed by atoms with Gasteiger partial charge in [0.25, 0.3) is 0 Å². The average molecular weight is 543 g/mol. The molecule has 0 unspecified atom stereocenters. The molecule has 0 amide bonds. The average Bonchev–Trinajstić information content (AvgIpc) is 3.75. The zero-order valence-electron chi connectivity index (χ0n) is 20.1. The van der Waals surface area contributed by atoms with Crippen LogP contribution in [0.4, 0.5) is 0 Å². The summed E-state index contributed by atoms with van der Waals surface area (Å²) in [6, 6.07) is 26.4. The maximum absolute atomic E-state index is 3.61. The second kappa shape index (κ2) is 10.2. The van der Waals surface area contributed by atoms with Crippen molar-refractivity contribution >= 4 is 56.5 Å². The first-order valence-electron chi connectivity index (χ1n) is 12.1. The zero-order valence-corrected chi connectivity index (χ0v) is 23.4. The molecule has 36 heavy (non-hydrogen) atoms. The number of hydrogen-bond acceptors (Lipinski definition) is 4. The van der Waals surface area contributed by atoms with E-state index in [2.05, 4.69) is 107 Å². The number of thiophene rings is 4. The van der Waals surface area contributed by atoms with Gasteiger partial charge in [-0.1, -0.05) is 26.0 Å². The highest BCUT2D eigenvalue weighted by Crippen LogP contribution is 2.41. The normalized spacial score (nSPS) is 12.3. The third-order valence-electron chi connectivity index (χ3n) is 6.35. The van der Waals surface area contributed by atoms with E-state index in [1.807, 2.05) is 22.7 Å². The van der Waals surface area contributed by atoms with Gasteiger partial charge in [0.15, 0.2) is 0 Å². The molecule has 6 rings (SSSR count). The van der Waals surface area contributed by atoms with Crippen molar-refractivity contribution in [1.82, 2.24) is 9.97 Å². The molecule has 6 aromatic heterocycles. The van der Waals surface area contributed by atoms with E-state index in [-0.39, 0.29) is 0 Å². The molecule has 6 aromatic rings. The van der Waals surface area contributed by atoms with Crippen LogP contribution in [0.3, 0.4) is 0 Å². The van der Waals surface area contributed by atoms with Crippen LogP contribution in [0, 0.1) is 0 Å². The molecule has 6 heterocycles. The number of hydrogen-bond donors (Lipinski definition) is 2. The van der Waals surface area contributed by atoms with Crippen molar-refractivity contribution in [2.75, 3.05) is 0 Å². The Morgan fingerprint density at radius 1 is 0.528 bits per heavy atom. The Balaban J connectivity index is 1.30. The minimum absolute atomic E-state index is 1.02. The van der Waals surface area contributed by atoms with Gasteiger partial charge in [0.05, 0.1) is 42.3 Å². The van der Waals surface area contributed by atoms with Crippen LogP contribution in [0.1, 0.15) is 36.4 Å². The van der Waals surface area contributed by atoms with Gasteiger partial charge in [-0.05, 0) is 95.4 Å². The Kier molecular flexibility index (Phi) is 6.67. The molecule has 180 valence electrons. The molecule has 2 N–H and O–H groups in total. The first-order chi connectivity index (χ1) is 17.7. The smallest absolute Gasteiger partial charge is 0.0560 e. The Morgan fingerprint density at radius 2 is 0.944 bits per heavy atom. The van der Waals surface area contributed by atoms with Gasteiger partial charge in [-0.25, -0.2) is 0 Å². The molecule has 0 saturated heterocycles. The molecular weight excluding hydrogens is 517 g/mol. The molecule has 0 spiro atoms. The lowest BCUT2D eigenvalue weighted by Crippen LogP contribution is -1.86. The molecule has 0 atom stereocenters. The highest BCUT2D eigenvalue weighted by molar-refractivity contribution is 7.17. The van der Waals surface area contributed by atoms with E-state index in [1.165, 1.54) is 63.2 Å². The van der Waals surface area contributed by atoms with E-state index < -0.39 is 0 Å². The highest BCUT2D eigenvalue weighted by atomic mass is 32.1. The number of aromatic nitrogens is 2. The van der Waals surface area contributed by atoms with Crippen molar-refractivity contribution in [3.8, 4) is 42.3 Å². The van der Waals surface area contributed by atoms with E-state index in [0.717, 1.165) is 12.8 Å². The quantitative estimate of drug-likeness (QED) is 0.192. The zero-order chi connectivity index (χ0) is 24.5. The number of nitrogens with one attached hydrogen (secondary N) is 2. The lowest BCUT2D eigenvalue weighted by molar-refractivity contribution is 1.20. The Morgan fingerprint density at radius 3 is 1.31 bits per heavy atom. The summed E-state index contributed by atoms with van der Waals surface area (Å²) in [5.74, 6) is 0. The fourth-order valence-corrected chi connectivity index (χ4v) is 8.26. The van der Waals surface area contributed by atoms with Crippen LogP contribution in [0.5, 0.6) is 0 Å². The van der Waals surface area contributed by atoms with Crippen molar-refractivity contribution in [2.24, 2.45) is 0 Å². The summed E-state index contributed by atoms with van der Waals surface area (Å²) < 4.78 is 0. The van der Waals surface area contributed by atoms with Gasteiger partial charge in [0, 0.05) is 9.75 Å². The molecule has 0 aliphatic rings. The maximum atomic E-state index is 3.61. The van der Waals surface area contributed by atoms with Crippen molar-refractivity contribution in [2.45, 2.75) is 26.7 Å². The van der Waals surface area contributed by atoms with Gasteiger partial charge in [-0.15, -0.1) is 45.3 Å². The second-order valence-electron chi connectivity index (χ2n) is 8.52. The van der Waals surface area contributed by atoms with Gasteiger partial charge in [-0.2, -0.15) is 0 Å². The van der Waals surface area contributed by atoms with Gasteiger partial charge >= 0.3 is 0 Å².